The average Bonchev–Trinajstić information content (AvgIpc) is 3.81. The Morgan fingerprint density at radius 1 is 0.465 bits per heavy atom. The molecule has 0 fully saturated rings. The summed E-state index contributed by atoms with van der Waals surface area (Å²) in [5.74, 6) is 0.321. The van der Waals surface area contributed by atoms with Gasteiger partial charge >= 0.3 is 0 Å². The highest BCUT2D eigenvalue weighted by molar-refractivity contribution is 6.17. The molecule has 0 amide bonds. The quantitative estimate of drug-likeness (QED) is 0.101. The first-order chi connectivity index (χ1) is 34.5. The van der Waals surface area contributed by atoms with Crippen LogP contribution in [0.1, 0.15) is 81.3 Å². The molecule has 71 heavy (non-hydrogen) atoms. The minimum Gasteiger partial charge on any atom is -0.311 e. The molecule has 0 atom stereocenters. The molecule has 0 aliphatic heterocycles. The maximum absolute atomic E-state index is 13.7. The van der Waals surface area contributed by atoms with E-state index in [0.717, 1.165) is 103 Å². The Balaban J connectivity index is 1.09. The molecule has 0 aliphatic rings. The van der Waals surface area contributed by atoms with E-state index in [9.17, 15) is 4.79 Å². The van der Waals surface area contributed by atoms with Gasteiger partial charge in [-0.25, -0.2) is 9.97 Å². The summed E-state index contributed by atoms with van der Waals surface area (Å²) in [5, 5.41) is 10.6. The first kappa shape index (κ1) is 46.5. The van der Waals surface area contributed by atoms with Crippen LogP contribution in [0.3, 0.4) is 0 Å². The molecule has 0 saturated carbocycles. The van der Waals surface area contributed by atoms with Crippen LogP contribution in [0.15, 0.2) is 188 Å². The summed E-state index contributed by atoms with van der Waals surface area (Å²) < 4.78 is 0. The van der Waals surface area contributed by atoms with Gasteiger partial charge in [0.05, 0.1) is 29.0 Å². The fourth-order valence-electron chi connectivity index (χ4n) is 9.51. The molecule has 2 heterocycles. The number of rotatable bonds is 14. The van der Waals surface area contributed by atoms with Gasteiger partial charge in [-0.3, -0.25) is 4.79 Å². The number of fused-ring (bicyclic) bond motifs is 2. The van der Waals surface area contributed by atoms with Crippen molar-refractivity contribution in [3.8, 4) is 22.3 Å². The summed E-state index contributed by atoms with van der Waals surface area (Å²) in [6.45, 7) is 15.9. The largest absolute Gasteiger partial charge is 0.311 e. The van der Waals surface area contributed by atoms with Gasteiger partial charge in [0.2, 0.25) is 0 Å². The van der Waals surface area contributed by atoms with E-state index in [4.69, 9.17) is 20.2 Å². The van der Waals surface area contributed by atoms with Gasteiger partial charge < -0.3 is 9.80 Å². The normalized spacial score (nSPS) is 11.7. The van der Waals surface area contributed by atoms with E-state index in [-0.39, 0.29) is 11.2 Å². The molecule has 2 aromatic heterocycles. The Labute approximate surface area is 417 Å². The minimum absolute atomic E-state index is 0.00215. The topological polar surface area (TPSA) is 80.0 Å². The Bertz CT molecular complexity index is 3410. The van der Waals surface area contributed by atoms with Gasteiger partial charge in [-0.2, -0.15) is 15.0 Å². The number of aromatic nitrogens is 5. The van der Waals surface area contributed by atoms with Crippen LogP contribution in [-0.4, -0.2) is 30.7 Å². The number of aryl methyl sites for hydroxylation is 2. The molecule has 0 spiro atoms. The molecular formula is C63H59N7O. The zero-order chi connectivity index (χ0) is 49.2. The van der Waals surface area contributed by atoms with Crippen LogP contribution in [0.25, 0.3) is 44.3 Å². The third-order valence-electron chi connectivity index (χ3n) is 13.1. The number of benzene rings is 8. The Morgan fingerprint density at radius 3 is 1.14 bits per heavy atom. The highest BCUT2D eigenvalue weighted by Crippen LogP contribution is 2.44. The van der Waals surface area contributed by atoms with Crippen molar-refractivity contribution >= 4 is 62.0 Å². The number of carbonyl (C=O) groups is 1. The number of anilines is 6. The Hall–Kier alpha value is -8.23. The molecule has 8 aromatic carbocycles. The smallest absolute Gasteiger partial charge is 0.193 e. The number of hydrogen-bond donors (Lipinski definition) is 0. The van der Waals surface area contributed by atoms with Crippen LogP contribution >= 0.6 is 0 Å². The van der Waals surface area contributed by atoms with E-state index < -0.39 is 0 Å². The van der Waals surface area contributed by atoms with E-state index in [0.29, 0.717) is 23.6 Å². The molecule has 352 valence electrons. The van der Waals surface area contributed by atoms with E-state index in [1.165, 1.54) is 5.56 Å². The highest BCUT2D eigenvalue weighted by Gasteiger charge is 2.26. The van der Waals surface area contributed by atoms with Gasteiger partial charge in [0.1, 0.15) is 11.0 Å². The van der Waals surface area contributed by atoms with Crippen molar-refractivity contribution in [3.05, 3.63) is 216 Å². The van der Waals surface area contributed by atoms with Crippen LogP contribution in [0, 0.1) is 5.92 Å². The number of nitrogens with zero attached hydrogens (tertiary/aromatic N) is 7. The van der Waals surface area contributed by atoms with E-state index >= 15 is 0 Å². The van der Waals surface area contributed by atoms with Crippen molar-refractivity contribution in [1.82, 2.24) is 25.0 Å². The summed E-state index contributed by atoms with van der Waals surface area (Å²) in [6, 6.07) is 64.5. The maximum atomic E-state index is 13.7. The van der Waals surface area contributed by atoms with Crippen molar-refractivity contribution < 1.29 is 4.79 Å². The first-order valence-corrected chi connectivity index (χ1v) is 24.8. The van der Waals surface area contributed by atoms with E-state index in [1.807, 2.05) is 71.5 Å². The summed E-state index contributed by atoms with van der Waals surface area (Å²) in [4.78, 5) is 31.1. The number of ketones is 1. The molecule has 10 rings (SSSR count). The van der Waals surface area contributed by atoms with E-state index in [2.05, 4.69) is 180 Å². The minimum atomic E-state index is -0.00215. The molecule has 8 heteroatoms. The lowest BCUT2D eigenvalue weighted by Gasteiger charge is -2.26. The molecule has 0 N–H and O–H groups in total. The van der Waals surface area contributed by atoms with Crippen molar-refractivity contribution in [3.63, 3.8) is 0 Å². The molecule has 8 nitrogen and oxygen atoms in total. The Kier molecular flexibility index (Phi) is 12.9. The fourth-order valence-corrected chi connectivity index (χ4v) is 9.51. The van der Waals surface area contributed by atoms with Crippen molar-refractivity contribution in [2.45, 2.75) is 73.3 Å². The summed E-state index contributed by atoms with van der Waals surface area (Å²) in [7, 11) is 0. The van der Waals surface area contributed by atoms with Crippen molar-refractivity contribution in [2.75, 3.05) is 9.80 Å². The first-order valence-electron chi connectivity index (χ1n) is 24.8. The van der Waals surface area contributed by atoms with Crippen LogP contribution in [0.5, 0.6) is 0 Å². The zero-order valence-electron chi connectivity index (χ0n) is 41.6. The summed E-state index contributed by atoms with van der Waals surface area (Å²) in [5.41, 5.74) is 17.6. The predicted octanol–water partition coefficient (Wildman–Crippen LogP) is 16.0. The summed E-state index contributed by atoms with van der Waals surface area (Å²) >= 11 is 0. The molecule has 0 radical (unpaired) electrons. The molecule has 0 unspecified atom stereocenters. The van der Waals surface area contributed by atoms with Crippen molar-refractivity contribution in [2.24, 2.45) is 5.92 Å². The monoisotopic (exact) mass is 929 g/mol. The summed E-state index contributed by atoms with van der Waals surface area (Å²) in [6.07, 6.45) is 1.51. The lowest BCUT2D eigenvalue weighted by molar-refractivity contribution is 0.103. The SMILES string of the molecule is CCc1nc2c(-c3ccc(N(c4ccccc4)c4ccccc4)cc3)c3nn(CC(C)C)nc3c(-c3ccc(N(c4ccccc4)c4ccc(C(=O)c5ccc(C(C)(C)C)cc5)cc4)cc3)c2nc1CC. The second-order valence-corrected chi connectivity index (χ2v) is 19.6. The van der Waals surface area contributed by atoms with Gasteiger partial charge in [-0.1, -0.05) is 152 Å². The van der Waals surface area contributed by atoms with Crippen LogP contribution in [0.4, 0.5) is 34.1 Å². The fraction of sp³-hybridized carbons (Fsp3) is 0.190. The highest BCUT2D eigenvalue weighted by atomic mass is 16.1. The van der Waals surface area contributed by atoms with Gasteiger partial charge in [0.15, 0.2) is 5.78 Å². The van der Waals surface area contributed by atoms with Crippen LogP contribution < -0.4 is 9.80 Å². The zero-order valence-corrected chi connectivity index (χ0v) is 41.6. The third-order valence-corrected chi connectivity index (χ3v) is 13.1. The third kappa shape index (κ3) is 9.33. The van der Waals surface area contributed by atoms with Gasteiger partial charge in [-0.05, 0) is 126 Å². The standard InChI is InChI=1S/C63H59N7O/c1-8-54-55(9-2)65-59-57(44-29-37-52(38-30-44)70(50-23-17-12-18-24-50)53-39-31-46(32-40-53)62(71)45-25-33-47(34-26-45)63(5,6)7)61-60(66-68(67-61)41-42(3)4)56(58(59)64-54)43-27-35-51(36-28-43)69(48-19-13-10-14-20-48)49-21-15-11-16-22-49/h10-40,42H,8-9,41H2,1-7H3. The van der Waals surface area contributed by atoms with Gasteiger partial charge in [-0.15, -0.1) is 0 Å². The van der Waals surface area contributed by atoms with E-state index in [1.54, 1.807) is 0 Å². The lowest BCUT2D eigenvalue weighted by Crippen LogP contribution is -2.12. The van der Waals surface area contributed by atoms with Gasteiger partial charge in [0, 0.05) is 56.4 Å². The molecular weight excluding hydrogens is 871 g/mol. The Morgan fingerprint density at radius 2 is 0.803 bits per heavy atom. The maximum Gasteiger partial charge on any atom is 0.193 e. The molecule has 0 bridgehead atoms. The molecule has 0 aliphatic carbocycles. The number of carbonyl (C=O) groups excluding carboxylic acids is 1. The van der Waals surface area contributed by atoms with Crippen LogP contribution in [0.2, 0.25) is 0 Å². The van der Waals surface area contributed by atoms with Crippen LogP contribution in [-0.2, 0) is 24.8 Å². The predicted molar refractivity (Wildman–Crippen MR) is 293 cm³/mol. The second-order valence-electron chi connectivity index (χ2n) is 19.6. The molecule has 10 aromatic rings. The lowest BCUT2D eigenvalue weighted by atomic mass is 9.86. The number of hydrogen-bond acceptors (Lipinski definition) is 7. The van der Waals surface area contributed by atoms with Crippen molar-refractivity contribution in [1.29, 1.82) is 0 Å². The van der Waals surface area contributed by atoms with Gasteiger partial charge in [0.25, 0.3) is 0 Å². The number of para-hydroxylation sites is 3. The molecule has 0 saturated heterocycles. The average molecular weight is 930 g/mol. The second kappa shape index (κ2) is 19.6.